The highest BCUT2D eigenvalue weighted by molar-refractivity contribution is 5.96. The fourth-order valence-corrected chi connectivity index (χ4v) is 3.49. The Morgan fingerprint density at radius 3 is 2.50 bits per heavy atom. The van der Waals surface area contributed by atoms with E-state index in [0.717, 1.165) is 50.4 Å². The Labute approximate surface area is 187 Å². The van der Waals surface area contributed by atoms with Crippen molar-refractivity contribution < 1.29 is 9.53 Å². The van der Waals surface area contributed by atoms with E-state index >= 15 is 0 Å². The SMILES string of the molecule is CN/N=C\c1nc(-c2ccccc2)nc(Nc2ccc(CN3CCOCC3)cc2)c1C=O. The highest BCUT2D eigenvalue weighted by atomic mass is 16.5. The number of carbonyl (C=O) groups is 1. The van der Waals surface area contributed by atoms with Gasteiger partial charge in [0.25, 0.3) is 0 Å². The minimum absolute atomic E-state index is 0.348. The number of nitrogens with zero attached hydrogens (tertiary/aromatic N) is 4. The minimum Gasteiger partial charge on any atom is -0.379 e. The van der Waals surface area contributed by atoms with Crippen molar-refractivity contribution in [3.63, 3.8) is 0 Å². The van der Waals surface area contributed by atoms with Gasteiger partial charge < -0.3 is 15.5 Å². The zero-order chi connectivity index (χ0) is 22.2. The van der Waals surface area contributed by atoms with E-state index in [1.165, 1.54) is 11.8 Å². The van der Waals surface area contributed by atoms with Gasteiger partial charge in [-0.1, -0.05) is 42.5 Å². The number of morpholine rings is 1. The lowest BCUT2D eigenvalue weighted by Crippen LogP contribution is -2.35. The molecule has 8 nitrogen and oxygen atoms in total. The summed E-state index contributed by atoms with van der Waals surface area (Å²) in [5.74, 6) is 0.951. The van der Waals surface area contributed by atoms with Gasteiger partial charge in [-0.05, 0) is 17.7 Å². The van der Waals surface area contributed by atoms with Crippen LogP contribution in [0.1, 0.15) is 21.6 Å². The van der Waals surface area contributed by atoms with Crippen LogP contribution in [0.3, 0.4) is 0 Å². The Kier molecular flexibility index (Phi) is 7.16. The van der Waals surface area contributed by atoms with Gasteiger partial charge in [0, 0.05) is 37.9 Å². The summed E-state index contributed by atoms with van der Waals surface area (Å²) >= 11 is 0. The molecule has 0 bridgehead atoms. The fraction of sp³-hybridized carbons (Fsp3) is 0.250. The second kappa shape index (κ2) is 10.6. The Hall–Kier alpha value is -3.62. The molecule has 1 aromatic heterocycles. The molecular formula is C24H26N6O2. The maximum absolute atomic E-state index is 11.9. The van der Waals surface area contributed by atoms with Gasteiger partial charge in [-0.15, -0.1) is 0 Å². The summed E-state index contributed by atoms with van der Waals surface area (Å²) < 4.78 is 5.42. The molecule has 0 saturated carbocycles. The number of benzene rings is 2. The minimum atomic E-state index is 0.348. The third kappa shape index (κ3) is 5.35. The molecule has 1 aliphatic heterocycles. The van der Waals surface area contributed by atoms with Crippen LogP contribution in [-0.2, 0) is 11.3 Å². The molecular weight excluding hydrogens is 404 g/mol. The van der Waals surface area contributed by atoms with Crippen LogP contribution in [-0.4, -0.2) is 60.7 Å². The van der Waals surface area contributed by atoms with Crippen LogP contribution in [0, 0.1) is 0 Å². The fourth-order valence-electron chi connectivity index (χ4n) is 3.49. The van der Waals surface area contributed by atoms with Crippen LogP contribution < -0.4 is 10.7 Å². The zero-order valence-electron chi connectivity index (χ0n) is 18.0. The van der Waals surface area contributed by atoms with Crippen molar-refractivity contribution >= 4 is 24.0 Å². The average molecular weight is 431 g/mol. The Bertz CT molecular complexity index is 1060. The van der Waals surface area contributed by atoms with Crippen LogP contribution in [0.15, 0.2) is 59.7 Å². The summed E-state index contributed by atoms with van der Waals surface area (Å²) in [4.78, 5) is 23.5. The quantitative estimate of drug-likeness (QED) is 0.322. The molecule has 2 aromatic carbocycles. The highest BCUT2D eigenvalue weighted by Gasteiger charge is 2.15. The first-order valence-electron chi connectivity index (χ1n) is 10.6. The molecule has 0 spiro atoms. The molecule has 32 heavy (non-hydrogen) atoms. The van der Waals surface area contributed by atoms with Crippen LogP contribution in [0.25, 0.3) is 11.4 Å². The Balaban J connectivity index is 1.61. The van der Waals surface area contributed by atoms with E-state index < -0.39 is 0 Å². The topological polar surface area (TPSA) is 91.7 Å². The predicted molar refractivity (Wildman–Crippen MR) is 125 cm³/mol. The number of aldehydes is 1. The number of aromatic nitrogens is 2. The molecule has 0 amide bonds. The van der Waals surface area contributed by atoms with E-state index in [0.29, 0.717) is 22.9 Å². The molecule has 3 aromatic rings. The molecule has 0 aliphatic carbocycles. The first-order chi connectivity index (χ1) is 15.8. The van der Waals surface area contributed by atoms with E-state index in [9.17, 15) is 4.79 Å². The van der Waals surface area contributed by atoms with E-state index in [1.807, 2.05) is 42.5 Å². The summed E-state index contributed by atoms with van der Waals surface area (Å²) in [5.41, 5.74) is 6.40. The van der Waals surface area contributed by atoms with Crippen molar-refractivity contribution in [2.45, 2.75) is 6.54 Å². The molecule has 2 heterocycles. The number of rotatable bonds is 8. The van der Waals surface area contributed by atoms with Gasteiger partial charge in [0.2, 0.25) is 0 Å². The standard InChI is InChI=1S/C24H26N6O2/c1-25-26-15-22-21(17-31)24(29-23(28-22)19-5-3-2-4-6-19)27-20-9-7-18(8-10-20)16-30-11-13-32-14-12-30/h2-10,15,17,25H,11-14,16H2,1H3,(H,27,28,29)/b26-15-. The molecule has 0 radical (unpaired) electrons. The van der Waals surface area contributed by atoms with Gasteiger partial charge in [0.15, 0.2) is 12.1 Å². The lowest BCUT2D eigenvalue weighted by atomic mass is 10.1. The largest absolute Gasteiger partial charge is 0.379 e. The number of hydrogen-bond donors (Lipinski definition) is 2. The summed E-state index contributed by atoms with van der Waals surface area (Å²) in [6.45, 7) is 4.35. The van der Waals surface area contributed by atoms with E-state index in [2.05, 4.69) is 42.8 Å². The Morgan fingerprint density at radius 2 is 1.81 bits per heavy atom. The maximum atomic E-state index is 11.9. The summed E-state index contributed by atoms with van der Waals surface area (Å²) in [6, 6.07) is 17.8. The van der Waals surface area contributed by atoms with Crippen molar-refractivity contribution in [3.05, 3.63) is 71.4 Å². The summed E-state index contributed by atoms with van der Waals surface area (Å²) in [7, 11) is 1.69. The average Bonchev–Trinajstić information content (AvgIpc) is 2.85. The molecule has 2 N–H and O–H groups in total. The number of hydrogen-bond acceptors (Lipinski definition) is 8. The van der Waals surface area contributed by atoms with Crippen LogP contribution >= 0.6 is 0 Å². The number of hydrazone groups is 1. The van der Waals surface area contributed by atoms with Gasteiger partial charge in [0.1, 0.15) is 5.82 Å². The first kappa shape index (κ1) is 21.6. The van der Waals surface area contributed by atoms with Crippen molar-refractivity contribution in [2.24, 2.45) is 5.10 Å². The van der Waals surface area contributed by atoms with Crippen LogP contribution in [0.4, 0.5) is 11.5 Å². The van der Waals surface area contributed by atoms with Gasteiger partial charge in [-0.2, -0.15) is 5.10 Å². The lowest BCUT2D eigenvalue weighted by molar-refractivity contribution is 0.0342. The molecule has 1 aliphatic rings. The zero-order valence-corrected chi connectivity index (χ0v) is 18.0. The summed E-state index contributed by atoms with van der Waals surface area (Å²) in [6.07, 6.45) is 2.27. The molecule has 1 fully saturated rings. The molecule has 164 valence electrons. The van der Waals surface area contributed by atoms with Crippen molar-refractivity contribution in [1.82, 2.24) is 20.3 Å². The van der Waals surface area contributed by atoms with Gasteiger partial charge in [0.05, 0.1) is 30.7 Å². The van der Waals surface area contributed by atoms with Gasteiger partial charge in [-0.25, -0.2) is 9.97 Å². The molecule has 8 heteroatoms. The monoisotopic (exact) mass is 430 g/mol. The molecule has 1 saturated heterocycles. The van der Waals surface area contributed by atoms with E-state index in [4.69, 9.17) is 4.74 Å². The number of ether oxygens (including phenoxy) is 1. The molecule has 0 atom stereocenters. The first-order valence-corrected chi connectivity index (χ1v) is 10.6. The second-order valence-corrected chi connectivity index (χ2v) is 7.37. The van der Waals surface area contributed by atoms with Crippen molar-refractivity contribution in [1.29, 1.82) is 0 Å². The van der Waals surface area contributed by atoms with Crippen LogP contribution in [0.2, 0.25) is 0 Å². The number of nitrogens with one attached hydrogen (secondary N) is 2. The highest BCUT2D eigenvalue weighted by Crippen LogP contribution is 2.24. The maximum Gasteiger partial charge on any atom is 0.162 e. The molecule has 4 rings (SSSR count). The van der Waals surface area contributed by atoms with Crippen molar-refractivity contribution in [2.75, 3.05) is 38.7 Å². The van der Waals surface area contributed by atoms with Crippen LogP contribution in [0.5, 0.6) is 0 Å². The normalized spacial score (nSPS) is 14.4. The van der Waals surface area contributed by atoms with E-state index in [1.54, 1.807) is 7.05 Å². The van der Waals surface area contributed by atoms with Gasteiger partial charge in [-0.3, -0.25) is 9.69 Å². The number of anilines is 2. The third-order valence-corrected chi connectivity index (χ3v) is 5.17. The Morgan fingerprint density at radius 1 is 1.06 bits per heavy atom. The predicted octanol–water partition coefficient (Wildman–Crippen LogP) is 3.09. The smallest absolute Gasteiger partial charge is 0.162 e. The van der Waals surface area contributed by atoms with E-state index in [-0.39, 0.29) is 0 Å². The summed E-state index contributed by atoms with van der Waals surface area (Å²) in [5, 5.41) is 7.32. The second-order valence-electron chi connectivity index (χ2n) is 7.37. The lowest BCUT2D eigenvalue weighted by Gasteiger charge is -2.26. The third-order valence-electron chi connectivity index (χ3n) is 5.17. The number of carbonyl (C=O) groups excluding carboxylic acids is 1. The van der Waals surface area contributed by atoms with Gasteiger partial charge >= 0.3 is 0 Å². The van der Waals surface area contributed by atoms with Crippen molar-refractivity contribution in [3.8, 4) is 11.4 Å². The molecule has 0 unspecified atom stereocenters.